The van der Waals surface area contributed by atoms with Gasteiger partial charge in [-0.25, -0.2) is 8.42 Å². The molecule has 1 fully saturated rings. The largest absolute Gasteiger partial charge is 0.495 e. The Kier molecular flexibility index (Phi) is 5.08. The van der Waals surface area contributed by atoms with Crippen LogP contribution in [0.3, 0.4) is 0 Å². The summed E-state index contributed by atoms with van der Waals surface area (Å²) < 4.78 is 37.7. The smallest absolute Gasteiger partial charge is 0.246 e. The highest BCUT2D eigenvalue weighted by Crippen LogP contribution is 2.29. The third-order valence-electron chi connectivity index (χ3n) is 3.59. The molecule has 0 aromatic heterocycles. The molecule has 1 saturated heterocycles. The van der Waals surface area contributed by atoms with Crippen molar-refractivity contribution >= 4 is 15.7 Å². The van der Waals surface area contributed by atoms with Crippen LogP contribution in [0.4, 0.5) is 5.69 Å². The van der Waals surface area contributed by atoms with Gasteiger partial charge in [0, 0.05) is 31.5 Å². The summed E-state index contributed by atoms with van der Waals surface area (Å²) in [6.07, 6.45) is 1.85. The van der Waals surface area contributed by atoms with Gasteiger partial charge in [-0.2, -0.15) is 4.31 Å². The van der Waals surface area contributed by atoms with Gasteiger partial charge in [-0.1, -0.05) is 6.92 Å². The normalized spacial score (nSPS) is 19.1. The number of methoxy groups -OCH3 is 1. The summed E-state index contributed by atoms with van der Waals surface area (Å²) in [6.45, 7) is 3.27. The minimum atomic E-state index is -3.63. The Morgan fingerprint density at radius 2 is 2.24 bits per heavy atom. The molecule has 2 rings (SSSR count). The van der Waals surface area contributed by atoms with Crippen molar-refractivity contribution in [3.63, 3.8) is 0 Å². The van der Waals surface area contributed by atoms with Gasteiger partial charge in [0.15, 0.2) is 0 Å². The fraction of sp³-hybridized carbons (Fsp3) is 0.571. The molecular weight excluding hydrogens is 292 g/mol. The fourth-order valence-corrected chi connectivity index (χ4v) is 4.07. The molecule has 21 heavy (non-hydrogen) atoms. The molecule has 1 heterocycles. The van der Waals surface area contributed by atoms with E-state index < -0.39 is 10.0 Å². The lowest BCUT2D eigenvalue weighted by Gasteiger charge is -2.24. The third kappa shape index (κ3) is 3.48. The van der Waals surface area contributed by atoms with E-state index in [0.29, 0.717) is 25.4 Å². The molecule has 6 nitrogen and oxygen atoms in total. The van der Waals surface area contributed by atoms with Crippen LogP contribution < -0.4 is 10.5 Å². The summed E-state index contributed by atoms with van der Waals surface area (Å²) in [5, 5.41) is 0. The van der Waals surface area contributed by atoms with Crippen LogP contribution >= 0.6 is 0 Å². The van der Waals surface area contributed by atoms with E-state index in [1.54, 1.807) is 6.07 Å². The van der Waals surface area contributed by atoms with Gasteiger partial charge in [0.25, 0.3) is 0 Å². The summed E-state index contributed by atoms with van der Waals surface area (Å²) in [6, 6.07) is 4.57. The highest BCUT2D eigenvalue weighted by atomic mass is 32.2. The van der Waals surface area contributed by atoms with Crippen molar-refractivity contribution in [3.8, 4) is 5.75 Å². The first-order valence-corrected chi connectivity index (χ1v) is 8.48. The number of hydrogen-bond acceptors (Lipinski definition) is 5. The average molecular weight is 314 g/mol. The zero-order valence-corrected chi connectivity index (χ0v) is 13.2. The van der Waals surface area contributed by atoms with Gasteiger partial charge in [-0.15, -0.1) is 0 Å². The third-order valence-corrected chi connectivity index (χ3v) is 5.57. The molecule has 0 radical (unpaired) electrons. The predicted molar refractivity (Wildman–Crippen MR) is 80.8 cm³/mol. The standard InChI is InChI=1S/C14H22N2O4S/c1-3-16(10-12-5-4-8-20-12)21(17,18)14-7-6-11(15)9-13(14)19-2/h6-7,9,12H,3-5,8,10,15H2,1-2H3. The Morgan fingerprint density at radius 3 is 2.81 bits per heavy atom. The molecule has 0 saturated carbocycles. The maximum absolute atomic E-state index is 12.8. The number of rotatable bonds is 6. The number of anilines is 1. The highest BCUT2D eigenvalue weighted by Gasteiger charge is 2.30. The van der Waals surface area contributed by atoms with Gasteiger partial charge >= 0.3 is 0 Å². The molecule has 7 heteroatoms. The van der Waals surface area contributed by atoms with Gasteiger partial charge in [0.2, 0.25) is 10.0 Å². The number of nitrogens with two attached hydrogens (primary N) is 1. The van der Waals surface area contributed by atoms with Crippen molar-refractivity contribution in [3.05, 3.63) is 18.2 Å². The number of benzene rings is 1. The van der Waals surface area contributed by atoms with E-state index in [0.717, 1.165) is 12.8 Å². The van der Waals surface area contributed by atoms with Crippen LogP contribution in [0, 0.1) is 0 Å². The second kappa shape index (κ2) is 6.64. The van der Waals surface area contributed by atoms with E-state index >= 15 is 0 Å². The van der Waals surface area contributed by atoms with E-state index in [1.807, 2.05) is 6.92 Å². The molecule has 1 unspecified atom stereocenters. The quantitative estimate of drug-likeness (QED) is 0.804. The lowest BCUT2D eigenvalue weighted by molar-refractivity contribution is 0.0946. The van der Waals surface area contributed by atoms with Crippen molar-refractivity contribution < 1.29 is 17.9 Å². The van der Waals surface area contributed by atoms with Crippen molar-refractivity contribution in [2.75, 3.05) is 32.5 Å². The number of ether oxygens (including phenoxy) is 2. The number of sulfonamides is 1. The van der Waals surface area contributed by atoms with Crippen molar-refractivity contribution in [2.24, 2.45) is 0 Å². The predicted octanol–water partition coefficient (Wildman–Crippen LogP) is 1.47. The first kappa shape index (κ1) is 16.1. The van der Waals surface area contributed by atoms with Crippen LogP contribution in [0.2, 0.25) is 0 Å². The molecule has 0 spiro atoms. The molecule has 0 aliphatic carbocycles. The van der Waals surface area contributed by atoms with Crippen molar-refractivity contribution in [2.45, 2.75) is 30.8 Å². The lowest BCUT2D eigenvalue weighted by Crippen LogP contribution is -2.37. The molecule has 0 bridgehead atoms. The molecule has 1 aromatic rings. The van der Waals surface area contributed by atoms with Crippen LogP contribution in [0.5, 0.6) is 5.75 Å². The Balaban J connectivity index is 2.30. The summed E-state index contributed by atoms with van der Waals surface area (Å²) in [7, 11) is -2.19. The Bertz CT molecular complexity index is 583. The maximum Gasteiger partial charge on any atom is 0.246 e. The Hall–Kier alpha value is -1.31. The second-order valence-electron chi connectivity index (χ2n) is 5.00. The molecule has 1 aromatic carbocycles. The Labute approximate surface area is 125 Å². The zero-order chi connectivity index (χ0) is 15.5. The van der Waals surface area contributed by atoms with Gasteiger partial charge in [-0.05, 0) is 25.0 Å². The number of hydrogen-bond donors (Lipinski definition) is 1. The summed E-state index contributed by atoms with van der Waals surface area (Å²) in [4.78, 5) is 0.138. The molecule has 2 N–H and O–H groups in total. The van der Waals surface area contributed by atoms with E-state index in [-0.39, 0.29) is 16.7 Å². The van der Waals surface area contributed by atoms with Crippen molar-refractivity contribution in [1.82, 2.24) is 4.31 Å². The minimum Gasteiger partial charge on any atom is -0.495 e. The number of likely N-dealkylation sites (N-methyl/N-ethyl adjacent to an activating group) is 1. The topological polar surface area (TPSA) is 81.9 Å². The first-order chi connectivity index (χ1) is 9.98. The first-order valence-electron chi connectivity index (χ1n) is 7.04. The van der Waals surface area contributed by atoms with E-state index in [2.05, 4.69) is 0 Å². The summed E-state index contributed by atoms with van der Waals surface area (Å²) in [5.41, 5.74) is 6.14. The zero-order valence-electron chi connectivity index (χ0n) is 12.4. The molecule has 1 atom stereocenters. The van der Waals surface area contributed by atoms with E-state index in [9.17, 15) is 8.42 Å². The second-order valence-corrected chi connectivity index (χ2v) is 6.91. The van der Waals surface area contributed by atoms with Crippen LogP contribution in [0.1, 0.15) is 19.8 Å². The molecule has 1 aliphatic heterocycles. The monoisotopic (exact) mass is 314 g/mol. The van der Waals surface area contributed by atoms with Gasteiger partial charge in [-0.3, -0.25) is 0 Å². The minimum absolute atomic E-state index is 0.0282. The Morgan fingerprint density at radius 1 is 1.48 bits per heavy atom. The van der Waals surface area contributed by atoms with Crippen LogP contribution in [-0.4, -0.2) is 45.6 Å². The van der Waals surface area contributed by atoms with Crippen molar-refractivity contribution in [1.29, 1.82) is 0 Å². The number of nitrogen functional groups attached to an aromatic ring is 1. The fourth-order valence-electron chi connectivity index (χ4n) is 2.45. The average Bonchev–Trinajstić information content (AvgIpc) is 2.97. The van der Waals surface area contributed by atoms with Crippen LogP contribution in [-0.2, 0) is 14.8 Å². The van der Waals surface area contributed by atoms with Crippen LogP contribution in [0.15, 0.2) is 23.1 Å². The SMILES string of the molecule is CCN(CC1CCCO1)S(=O)(=O)c1ccc(N)cc1OC. The summed E-state index contributed by atoms with van der Waals surface area (Å²) >= 11 is 0. The highest BCUT2D eigenvalue weighted by molar-refractivity contribution is 7.89. The maximum atomic E-state index is 12.8. The van der Waals surface area contributed by atoms with E-state index in [1.165, 1.54) is 23.5 Å². The molecule has 118 valence electrons. The lowest BCUT2D eigenvalue weighted by atomic mass is 10.2. The van der Waals surface area contributed by atoms with Gasteiger partial charge in [0.1, 0.15) is 10.6 Å². The van der Waals surface area contributed by atoms with E-state index in [4.69, 9.17) is 15.2 Å². The summed E-state index contributed by atoms with van der Waals surface area (Å²) in [5.74, 6) is 0.265. The van der Waals surface area contributed by atoms with Crippen LogP contribution in [0.25, 0.3) is 0 Å². The molecule has 1 aliphatic rings. The van der Waals surface area contributed by atoms with Gasteiger partial charge in [0.05, 0.1) is 13.2 Å². The molecular formula is C14H22N2O4S. The number of nitrogens with zero attached hydrogens (tertiary/aromatic N) is 1. The molecule has 0 amide bonds. The van der Waals surface area contributed by atoms with Gasteiger partial charge < -0.3 is 15.2 Å².